The normalized spacial score (nSPS) is 14.0. The zero-order valence-electron chi connectivity index (χ0n) is 32.1. The molecule has 9 nitrogen and oxygen atoms in total. The maximum absolute atomic E-state index is 12.6. The van der Waals surface area contributed by atoms with Gasteiger partial charge in [-0.1, -0.05) is 134 Å². The molecule has 0 rings (SSSR count). The molecule has 10 heteroatoms. The van der Waals surface area contributed by atoms with Crippen molar-refractivity contribution in [3.05, 3.63) is 24.3 Å². The van der Waals surface area contributed by atoms with E-state index in [2.05, 4.69) is 38.2 Å². The van der Waals surface area contributed by atoms with Crippen LogP contribution in [0.1, 0.15) is 162 Å². The first-order chi connectivity index (χ1) is 23.5. The zero-order chi connectivity index (χ0) is 36.5. The van der Waals surface area contributed by atoms with Crippen LogP contribution in [0, 0.1) is 0 Å². The zero-order valence-corrected chi connectivity index (χ0v) is 33.0. The Balaban J connectivity index is 4.45. The van der Waals surface area contributed by atoms with Crippen LogP contribution in [0.25, 0.3) is 0 Å². The minimum absolute atomic E-state index is 0.0326. The van der Waals surface area contributed by atoms with Crippen LogP contribution in [-0.4, -0.2) is 70.0 Å². The summed E-state index contributed by atoms with van der Waals surface area (Å²) in [5.74, 6) is -0.853. The first-order valence-electron chi connectivity index (χ1n) is 19.6. The van der Waals surface area contributed by atoms with Gasteiger partial charge in [-0.3, -0.25) is 14.2 Å². The third kappa shape index (κ3) is 36.1. The van der Waals surface area contributed by atoms with Crippen molar-refractivity contribution < 1.29 is 42.1 Å². The Hall–Kier alpha value is -1.51. The first-order valence-corrected chi connectivity index (χ1v) is 21.0. The molecule has 0 aliphatic carbocycles. The topological polar surface area (TPSA) is 111 Å². The second-order valence-corrected chi connectivity index (χ2v) is 15.7. The van der Waals surface area contributed by atoms with Crippen molar-refractivity contribution in [2.24, 2.45) is 0 Å². The van der Waals surface area contributed by atoms with E-state index in [0.717, 1.165) is 57.8 Å². The van der Waals surface area contributed by atoms with Crippen LogP contribution < -0.4 is 4.89 Å². The Morgan fingerprint density at radius 2 is 1.08 bits per heavy atom. The van der Waals surface area contributed by atoms with Crippen LogP contribution in [0.2, 0.25) is 0 Å². The fourth-order valence-electron chi connectivity index (χ4n) is 5.11. The van der Waals surface area contributed by atoms with Gasteiger partial charge in [-0.2, -0.15) is 0 Å². The molecule has 0 aliphatic heterocycles. The molecule has 0 saturated carbocycles. The standard InChI is InChI=1S/C39H74NO8P/c1-6-8-10-12-14-16-18-19-20-21-22-24-26-28-30-32-39(42)48-37(36-47-49(43,44)46-34-33-40(3,4)5)35-45-38(41)31-29-27-25-23-17-15-13-11-9-7-2/h16,18-20,37H,6-15,17,21-36H2,1-5H3/b18-16+,20-19+/t37-/m1/s1. The molecule has 288 valence electrons. The number of ether oxygens (including phenoxy) is 2. The van der Waals surface area contributed by atoms with Crippen molar-refractivity contribution in [2.75, 3.05) is 47.5 Å². The van der Waals surface area contributed by atoms with Crippen LogP contribution in [0.5, 0.6) is 0 Å². The summed E-state index contributed by atoms with van der Waals surface area (Å²) in [6.45, 7) is 4.16. The molecule has 0 fully saturated rings. The molecule has 1 unspecified atom stereocenters. The number of unbranched alkanes of at least 4 members (excludes halogenated alkanes) is 18. The number of likely N-dealkylation sites (N-methyl/N-ethyl adjacent to an activating group) is 1. The van der Waals surface area contributed by atoms with Gasteiger partial charge in [0.25, 0.3) is 7.82 Å². The first kappa shape index (κ1) is 47.5. The van der Waals surface area contributed by atoms with Gasteiger partial charge in [0, 0.05) is 12.8 Å². The lowest BCUT2D eigenvalue weighted by molar-refractivity contribution is -0.870. The van der Waals surface area contributed by atoms with Crippen LogP contribution in [0.4, 0.5) is 0 Å². The number of carbonyl (C=O) groups is 2. The number of nitrogens with zero attached hydrogens (tertiary/aromatic N) is 1. The van der Waals surface area contributed by atoms with E-state index in [1.54, 1.807) is 0 Å². The van der Waals surface area contributed by atoms with Crippen molar-refractivity contribution in [3.63, 3.8) is 0 Å². The largest absolute Gasteiger partial charge is 0.756 e. The fraction of sp³-hybridized carbons (Fsp3) is 0.846. The summed E-state index contributed by atoms with van der Waals surface area (Å²) in [5, 5.41) is 0. The van der Waals surface area contributed by atoms with Crippen molar-refractivity contribution in [2.45, 2.75) is 168 Å². The highest BCUT2D eigenvalue weighted by Crippen LogP contribution is 2.38. The highest BCUT2D eigenvalue weighted by molar-refractivity contribution is 7.45. The lowest BCUT2D eigenvalue weighted by Crippen LogP contribution is -2.37. The smallest absolute Gasteiger partial charge is 0.306 e. The highest BCUT2D eigenvalue weighted by atomic mass is 31.2. The number of rotatable bonds is 35. The van der Waals surface area contributed by atoms with Gasteiger partial charge in [0.1, 0.15) is 19.8 Å². The van der Waals surface area contributed by atoms with Crippen LogP contribution in [0.3, 0.4) is 0 Å². The molecule has 49 heavy (non-hydrogen) atoms. The maximum Gasteiger partial charge on any atom is 0.306 e. The van der Waals surface area contributed by atoms with E-state index in [1.165, 1.54) is 70.6 Å². The number of hydrogen-bond donors (Lipinski definition) is 0. The van der Waals surface area contributed by atoms with Crippen molar-refractivity contribution in [3.8, 4) is 0 Å². The second-order valence-electron chi connectivity index (χ2n) is 14.3. The predicted molar refractivity (Wildman–Crippen MR) is 199 cm³/mol. The monoisotopic (exact) mass is 716 g/mol. The van der Waals surface area contributed by atoms with E-state index in [9.17, 15) is 19.0 Å². The Bertz CT molecular complexity index is 902. The Kier molecular flexibility index (Phi) is 31.4. The van der Waals surface area contributed by atoms with E-state index in [1.807, 2.05) is 21.1 Å². The predicted octanol–water partition coefficient (Wildman–Crippen LogP) is 9.77. The fourth-order valence-corrected chi connectivity index (χ4v) is 5.84. The van der Waals surface area contributed by atoms with Crippen LogP contribution in [-0.2, 0) is 32.7 Å². The number of phosphoric ester groups is 1. The average molecular weight is 716 g/mol. The summed E-state index contributed by atoms with van der Waals surface area (Å²) in [5.41, 5.74) is 0. The van der Waals surface area contributed by atoms with Crippen LogP contribution >= 0.6 is 7.82 Å². The number of hydrogen-bond acceptors (Lipinski definition) is 8. The lowest BCUT2D eigenvalue weighted by atomic mass is 10.1. The Morgan fingerprint density at radius 3 is 1.59 bits per heavy atom. The van der Waals surface area contributed by atoms with Gasteiger partial charge >= 0.3 is 11.9 Å². The summed E-state index contributed by atoms with van der Waals surface area (Å²) >= 11 is 0. The van der Waals surface area contributed by atoms with Crippen molar-refractivity contribution >= 4 is 19.8 Å². The van der Waals surface area contributed by atoms with Gasteiger partial charge in [0.05, 0.1) is 27.7 Å². The summed E-state index contributed by atoms with van der Waals surface area (Å²) in [6, 6.07) is 0. The SMILES string of the molecule is CCCCCC/C=C/C=C/CCCCCCCC(=O)O[C@H](COC(=O)CCCCCCCCCCCC)COP(=O)([O-])OCC[N+](C)(C)C. The summed E-state index contributed by atoms with van der Waals surface area (Å²) in [4.78, 5) is 37.3. The van der Waals surface area contributed by atoms with Gasteiger partial charge in [-0.05, 0) is 38.5 Å². The Morgan fingerprint density at radius 1 is 0.633 bits per heavy atom. The summed E-state index contributed by atoms with van der Waals surface area (Å²) < 4.78 is 33.7. The minimum atomic E-state index is -4.62. The van der Waals surface area contributed by atoms with E-state index >= 15 is 0 Å². The molecule has 0 bridgehead atoms. The number of carbonyl (C=O) groups excluding carboxylic acids is 2. The van der Waals surface area contributed by atoms with Gasteiger partial charge < -0.3 is 27.9 Å². The molecule has 0 aliphatic rings. The molecular formula is C39H74NO8P. The third-order valence-electron chi connectivity index (χ3n) is 8.25. The van der Waals surface area contributed by atoms with Gasteiger partial charge in [-0.25, -0.2) is 0 Å². The lowest BCUT2D eigenvalue weighted by Gasteiger charge is -2.28. The quantitative estimate of drug-likeness (QED) is 0.0210. The van der Waals surface area contributed by atoms with E-state index in [-0.39, 0.29) is 26.1 Å². The van der Waals surface area contributed by atoms with Gasteiger partial charge in [0.15, 0.2) is 6.10 Å². The molecule has 0 heterocycles. The van der Waals surface area contributed by atoms with Gasteiger partial charge in [0.2, 0.25) is 0 Å². The molecule has 0 aromatic heterocycles. The third-order valence-corrected chi connectivity index (χ3v) is 9.22. The molecule has 0 amide bonds. The summed E-state index contributed by atoms with van der Waals surface area (Å²) in [7, 11) is 1.15. The number of allylic oxidation sites excluding steroid dienone is 4. The number of quaternary nitrogens is 1. The van der Waals surface area contributed by atoms with Crippen LogP contribution in [0.15, 0.2) is 24.3 Å². The maximum atomic E-state index is 12.6. The summed E-state index contributed by atoms with van der Waals surface area (Å²) in [6.07, 6.45) is 32.0. The molecule has 0 saturated heterocycles. The molecule has 0 aromatic carbocycles. The minimum Gasteiger partial charge on any atom is -0.756 e. The van der Waals surface area contributed by atoms with E-state index < -0.39 is 32.5 Å². The molecule has 0 aromatic rings. The average Bonchev–Trinajstić information content (AvgIpc) is 3.04. The second kappa shape index (κ2) is 32.4. The van der Waals surface area contributed by atoms with Crippen molar-refractivity contribution in [1.29, 1.82) is 0 Å². The van der Waals surface area contributed by atoms with Gasteiger partial charge in [-0.15, -0.1) is 0 Å². The Labute approximate surface area is 300 Å². The van der Waals surface area contributed by atoms with E-state index in [4.69, 9.17) is 18.5 Å². The highest BCUT2D eigenvalue weighted by Gasteiger charge is 2.21. The van der Waals surface area contributed by atoms with Crippen molar-refractivity contribution in [1.82, 2.24) is 0 Å². The molecule has 2 atom stereocenters. The molecule has 0 radical (unpaired) electrons. The molecule has 0 N–H and O–H groups in total. The number of phosphoric acid groups is 1. The number of esters is 2. The van der Waals surface area contributed by atoms with E-state index in [0.29, 0.717) is 17.4 Å². The molecular weight excluding hydrogens is 641 g/mol. The molecule has 0 spiro atoms.